The average Bonchev–Trinajstić information content (AvgIpc) is 1.86. The first-order chi connectivity index (χ1) is 5.07. The van der Waals surface area contributed by atoms with Crippen LogP contribution >= 0.6 is 0 Å². The predicted octanol–water partition coefficient (Wildman–Crippen LogP) is -0.273. The molecule has 0 aliphatic heterocycles. The number of carbonyl (C=O) groups is 2. The monoisotopic (exact) mass is 159 g/mol. The highest BCUT2D eigenvalue weighted by Gasteiger charge is 2.13. The normalized spacial score (nSPS) is 12.3. The summed E-state index contributed by atoms with van der Waals surface area (Å²) in [5, 5.41) is 2.47. The van der Waals surface area contributed by atoms with E-state index in [9.17, 15) is 9.59 Å². The molecular weight excluding hydrogens is 146 g/mol. The van der Waals surface area contributed by atoms with E-state index in [0.717, 1.165) is 0 Å². The van der Waals surface area contributed by atoms with E-state index in [4.69, 9.17) is 4.74 Å². The lowest BCUT2D eigenvalue weighted by Gasteiger charge is -2.12. The van der Waals surface area contributed by atoms with Gasteiger partial charge in [-0.15, -0.1) is 0 Å². The molecule has 0 saturated heterocycles. The molecule has 0 aromatic heterocycles. The van der Waals surface area contributed by atoms with Crippen LogP contribution in [0.25, 0.3) is 0 Å². The summed E-state index contributed by atoms with van der Waals surface area (Å²) >= 11 is 0. The summed E-state index contributed by atoms with van der Waals surface area (Å²) in [7, 11) is 1.48. The van der Waals surface area contributed by atoms with Crippen molar-refractivity contribution < 1.29 is 14.3 Å². The van der Waals surface area contributed by atoms with Gasteiger partial charge in [-0.05, 0) is 6.92 Å². The van der Waals surface area contributed by atoms with Gasteiger partial charge in [0.1, 0.15) is 6.04 Å². The van der Waals surface area contributed by atoms with Crippen molar-refractivity contribution in [2.45, 2.75) is 19.9 Å². The number of rotatable bonds is 4. The zero-order valence-electron chi connectivity index (χ0n) is 7.01. The highest BCUT2D eigenvalue weighted by molar-refractivity contribution is 5.86. The summed E-state index contributed by atoms with van der Waals surface area (Å²) in [5.41, 5.74) is 0. The molecule has 1 N–H and O–H groups in total. The molecule has 0 spiro atoms. The molecule has 0 aromatic carbocycles. The van der Waals surface area contributed by atoms with Crippen molar-refractivity contribution in [2.24, 2.45) is 0 Å². The molecule has 0 radical (unpaired) electrons. The number of carbonyl (C=O) groups excluding carboxylic acids is 2. The molecule has 0 heterocycles. The largest absolute Gasteiger partial charge is 0.382 e. The third-order valence-electron chi connectivity index (χ3n) is 1.20. The van der Waals surface area contributed by atoms with Gasteiger partial charge < -0.3 is 10.1 Å². The van der Waals surface area contributed by atoms with Crippen molar-refractivity contribution in [2.75, 3.05) is 13.7 Å². The van der Waals surface area contributed by atoms with Crippen LogP contribution in [-0.2, 0) is 14.3 Å². The van der Waals surface area contributed by atoms with Gasteiger partial charge in [0.25, 0.3) is 0 Å². The molecule has 11 heavy (non-hydrogen) atoms. The SMILES string of the molecule is COCC(NC(C)=O)C(C)=O. The summed E-state index contributed by atoms with van der Waals surface area (Å²) in [4.78, 5) is 21.3. The number of hydrogen-bond donors (Lipinski definition) is 1. The summed E-state index contributed by atoms with van der Waals surface area (Å²) < 4.78 is 4.73. The van der Waals surface area contributed by atoms with Crippen LogP contribution in [0.15, 0.2) is 0 Å². The molecule has 0 aliphatic carbocycles. The lowest BCUT2D eigenvalue weighted by Crippen LogP contribution is -2.41. The van der Waals surface area contributed by atoms with Gasteiger partial charge in [0.05, 0.1) is 6.61 Å². The zero-order chi connectivity index (χ0) is 8.85. The van der Waals surface area contributed by atoms with Crippen LogP contribution in [-0.4, -0.2) is 31.4 Å². The van der Waals surface area contributed by atoms with Gasteiger partial charge in [0.2, 0.25) is 5.91 Å². The van der Waals surface area contributed by atoms with Gasteiger partial charge in [0, 0.05) is 14.0 Å². The van der Waals surface area contributed by atoms with Gasteiger partial charge in [-0.1, -0.05) is 0 Å². The highest BCUT2D eigenvalue weighted by Crippen LogP contribution is 1.86. The number of nitrogens with one attached hydrogen (secondary N) is 1. The van der Waals surface area contributed by atoms with Crippen LogP contribution in [0.1, 0.15) is 13.8 Å². The highest BCUT2D eigenvalue weighted by atomic mass is 16.5. The van der Waals surface area contributed by atoms with E-state index in [2.05, 4.69) is 5.32 Å². The average molecular weight is 159 g/mol. The fraction of sp³-hybridized carbons (Fsp3) is 0.714. The van der Waals surface area contributed by atoms with Crippen LogP contribution in [0.5, 0.6) is 0 Å². The zero-order valence-corrected chi connectivity index (χ0v) is 7.01. The Bertz CT molecular complexity index is 156. The van der Waals surface area contributed by atoms with Crippen molar-refractivity contribution in [1.29, 1.82) is 0 Å². The van der Waals surface area contributed by atoms with Crippen molar-refractivity contribution in [1.82, 2.24) is 5.32 Å². The Hall–Kier alpha value is -0.900. The molecule has 0 aromatic rings. The molecule has 0 fully saturated rings. The minimum absolute atomic E-state index is 0.0953. The van der Waals surface area contributed by atoms with E-state index in [-0.39, 0.29) is 18.3 Å². The first-order valence-electron chi connectivity index (χ1n) is 3.34. The number of Topliss-reactive ketones (excluding diaryl/α,β-unsaturated/α-hetero) is 1. The van der Waals surface area contributed by atoms with Crippen LogP contribution in [0, 0.1) is 0 Å². The van der Waals surface area contributed by atoms with E-state index in [0.29, 0.717) is 0 Å². The molecule has 0 bridgehead atoms. The van der Waals surface area contributed by atoms with Crippen molar-refractivity contribution in [3.63, 3.8) is 0 Å². The Morgan fingerprint density at radius 1 is 1.45 bits per heavy atom. The Balaban J connectivity index is 3.89. The summed E-state index contributed by atoms with van der Waals surface area (Å²) in [5.74, 6) is -0.315. The number of ether oxygens (including phenoxy) is 1. The summed E-state index contributed by atoms with van der Waals surface area (Å²) in [6, 6.07) is -0.502. The quantitative estimate of drug-likeness (QED) is 0.614. The third-order valence-corrected chi connectivity index (χ3v) is 1.20. The molecule has 1 amide bonds. The molecule has 1 atom stereocenters. The minimum atomic E-state index is -0.502. The third kappa shape index (κ3) is 4.50. The van der Waals surface area contributed by atoms with Crippen LogP contribution in [0.2, 0.25) is 0 Å². The molecule has 4 nitrogen and oxygen atoms in total. The Kier molecular flexibility index (Phi) is 4.45. The molecule has 0 saturated carbocycles. The van der Waals surface area contributed by atoms with Crippen LogP contribution in [0.4, 0.5) is 0 Å². The van der Waals surface area contributed by atoms with E-state index < -0.39 is 6.04 Å². The van der Waals surface area contributed by atoms with Crippen LogP contribution < -0.4 is 5.32 Å². The predicted molar refractivity (Wildman–Crippen MR) is 40.2 cm³/mol. The maximum Gasteiger partial charge on any atom is 0.217 e. The topological polar surface area (TPSA) is 55.4 Å². The van der Waals surface area contributed by atoms with E-state index in [1.807, 2.05) is 0 Å². The van der Waals surface area contributed by atoms with Gasteiger partial charge in [-0.3, -0.25) is 9.59 Å². The first-order valence-corrected chi connectivity index (χ1v) is 3.34. The van der Waals surface area contributed by atoms with Gasteiger partial charge in [-0.25, -0.2) is 0 Å². The van der Waals surface area contributed by atoms with Crippen molar-refractivity contribution >= 4 is 11.7 Å². The van der Waals surface area contributed by atoms with Gasteiger partial charge >= 0.3 is 0 Å². The standard InChI is InChI=1S/C7H13NO3/c1-5(9)7(4-11-3)8-6(2)10/h7H,4H2,1-3H3,(H,8,10). The van der Waals surface area contributed by atoms with Crippen LogP contribution in [0.3, 0.4) is 0 Å². The summed E-state index contributed by atoms with van der Waals surface area (Å²) in [6.07, 6.45) is 0. The Labute approximate surface area is 65.9 Å². The fourth-order valence-electron chi connectivity index (χ4n) is 0.673. The van der Waals surface area contributed by atoms with E-state index >= 15 is 0 Å². The maximum atomic E-state index is 10.8. The fourth-order valence-corrected chi connectivity index (χ4v) is 0.673. The molecule has 0 rings (SSSR count). The second-order valence-corrected chi connectivity index (χ2v) is 2.32. The Morgan fingerprint density at radius 3 is 2.27 bits per heavy atom. The summed E-state index contributed by atoms with van der Waals surface area (Å²) in [6.45, 7) is 3.01. The molecule has 64 valence electrons. The number of methoxy groups -OCH3 is 1. The van der Waals surface area contributed by atoms with E-state index in [1.165, 1.54) is 21.0 Å². The minimum Gasteiger partial charge on any atom is -0.382 e. The molecule has 1 unspecified atom stereocenters. The van der Waals surface area contributed by atoms with Crippen molar-refractivity contribution in [3.05, 3.63) is 0 Å². The van der Waals surface area contributed by atoms with Gasteiger partial charge in [0.15, 0.2) is 5.78 Å². The van der Waals surface area contributed by atoms with E-state index in [1.54, 1.807) is 0 Å². The second kappa shape index (κ2) is 4.85. The molecule has 4 heteroatoms. The maximum absolute atomic E-state index is 10.8. The number of ketones is 1. The lowest BCUT2D eigenvalue weighted by atomic mass is 10.2. The smallest absolute Gasteiger partial charge is 0.217 e. The number of amides is 1. The molecule has 0 aliphatic rings. The second-order valence-electron chi connectivity index (χ2n) is 2.32. The number of hydrogen-bond acceptors (Lipinski definition) is 3. The lowest BCUT2D eigenvalue weighted by molar-refractivity contribution is -0.126. The Morgan fingerprint density at radius 2 is 2.00 bits per heavy atom. The first kappa shape index (κ1) is 10.1. The van der Waals surface area contributed by atoms with Gasteiger partial charge in [-0.2, -0.15) is 0 Å². The molecular formula is C7H13NO3. The van der Waals surface area contributed by atoms with Crippen molar-refractivity contribution in [3.8, 4) is 0 Å².